The number of carbonyl (C=O) groups is 1. The highest BCUT2D eigenvalue weighted by Gasteiger charge is 2.36. The molecular formula is C30H31N3O3S. The van der Waals surface area contributed by atoms with Crippen LogP contribution < -0.4 is 14.8 Å². The Morgan fingerprint density at radius 3 is 2.68 bits per heavy atom. The number of amides is 2. The summed E-state index contributed by atoms with van der Waals surface area (Å²) in [6.45, 7) is 2.64. The minimum Gasteiger partial charge on any atom is -0.497 e. The van der Waals surface area contributed by atoms with Crippen molar-refractivity contribution in [3.8, 4) is 16.5 Å². The summed E-state index contributed by atoms with van der Waals surface area (Å²) in [5.74, 6) is 1.25. The van der Waals surface area contributed by atoms with Crippen LogP contribution in [0.2, 0.25) is 0 Å². The predicted molar refractivity (Wildman–Crippen MR) is 147 cm³/mol. The van der Waals surface area contributed by atoms with Crippen LogP contribution in [-0.4, -0.2) is 29.7 Å². The molecule has 3 heterocycles. The van der Waals surface area contributed by atoms with Gasteiger partial charge in [0.2, 0.25) is 0 Å². The minimum absolute atomic E-state index is 0.172. The van der Waals surface area contributed by atoms with E-state index in [0.29, 0.717) is 23.7 Å². The summed E-state index contributed by atoms with van der Waals surface area (Å²) in [7, 11) is 3.22. The van der Waals surface area contributed by atoms with Crippen molar-refractivity contribution in [3.63, 3.8) is 0 Å². The maximum atomic E-state index is 14.2. The molecule has 1 atom stereocenters. The highest BCUT2D eigenvalue weighted by atomic mass is 32.1. The molecule has 37 heavy (non-hydrogen) atoms. The topological polar surface area (TPSA) is 55.7 Å². The summed E-state index contributed by atoms with van der Waals surface area (Å²) >= 11 is 1.90. The number of methoxy groups -OCH3 is 2. The zero-order chi connectivity index (χ0) is 25.5. The number of nitrogens with one attached hydrogen (secondary N) is 1. The molecule has 0 saturated carbocycles. The molecule has 2 aromatic heterocycles. The van der Waals surface area contributed by atoms with E-state index in [4.69, 9.17) is 9.47 Å². The number of thiophene rings is 1. The van der Waals surface area contributed by atoms with E-state index >= 15 is 0 Å². The molecule has 0 saturated heterocycles. The van der Waals surface area contributed by atoms with E-state index in [1.54, 1.807) is 20.3 Å². The quantitative estimate of drug-likeness (QED) is 0.324. The Bertz CT molecular complexity index is 1470. The predicted octanol–water partition coefficient (Wildman–Crippen LogP) is 6.88. The number of fused-ring (bicyclic) bond motifs is 5. The second-order valence-corrected chi connectivity index (χ2v) is 10.8. The van der Waals surface area contributed by atoms with Crippen molar-refractivity contribution in [2.75, 3.05) is 19.5 Å². The van der Waals surface area contributed by atoms with Gasteiger partial charge in [-0.05, 0) is 68.0 Å². The Morgan fingerprint density at radius 1 is 1.00 bits per heavy atom. The third-order valence-corrected chi connectivity index (χ3v) is 8.78. The summed E-state index contributed by atoms with van der Waals surface area (Å²) in [5, 5.41) is 4.40. The third kappa shape index (κ3) is 4.17. The molecule has 0 radical (unpaired) electrons. The summed E-state index contributed by atoms with van der Waals surface area (Å²) in [6.07, 6.45) is 6.77. The van der Waals surface area contributed by atoms with Gasteiger partial charge in [-0.15, -0.1) is 11.3 Å². The first kappa shape index (κ1) is 23.7. The van der Waals surface area contributed by atoms with Crippen LogP contribution in [0, 0.1) is 6.92 Å². The second-order valence-electron chi connectivity index (χ2n) is 9.74. The molecule has 4 aromatic rings. The molecule has 2 amide bonds. The Labute approximate surface area is 221 Å². The number of ether oxygens (including phenoxy) is 2. The average Bonchev–Trinajstić information content (AvgIpc) is 3.50. The van der Waals surface area contributed by atoms with Crippen molar-refractivity contribution < 1.29 is 14.3 Å². The number of rotatable bonds is 4. The lowest BCUT2D eigenvalue weighted by Gasteiger charge is -2.32. The maximum absolute atomic E-state index is 14.2. The molecule has 2 aromatic carbocycles. The lowest BCUT2D eigenvalue weighted by atomic mass is 9.95. The first-order valence-corrected chi connectivity index (χ1v) is 13.6. The van der Waals surface area contributed by atoms with Gasteiger partial charge in [0.15, 0.2) is 0 Å². The Hall–Kier alpha value is -3.71. The van der Waals surface area contributed by atoms with E-state index in [9.17, 15) is 4.79 Å². The van der Waals surface area contributed by atoms with Gasteiger partial charge in [-0.2, -0.15) is 0 Å². The standard InChI is InChI=1S/C30H31N3O3S/c1-19-8-6-9-20(16-19)28-25-11-7-15-32(25)29-23(22-10-4-5-12-27(22)37-29)18-33(28)30(34)31-24-17-21(35-2)13-14-26(24)36-3/h6-9,11,13-17,28H,4-5,10,12,18H2,1-3H3,(H,31,34)/t28-/m1/s1. The largest absolute Gasteiger partial charge is 0.497 e. The van der Waals surface area contributed by atoms with Crippen molar-refractivity contribution in [3.05, 3.63) is 93.6 Å². The van der Waals surface area contributed by atoms with E-state index in [1.807, 2.05) is 28.4 Å². The maximum Gasteiger partial charge on any atom is 0.323 e. The van der Waals surface area contributed by atoms with Crippen LogP contribution in [0.25, 0.3) is 5.00 Å². The highest BCUT2D eigenvalue weighted by molar-refractivity contribution is 7.15. The van der Waals surface area contributed by atoms with E-state index < -0.39 is 0 Å². The smallest absolute Gasteiger partial charge is 0.323 e. The normalized spacial score (nSPS) is 16.3. The van der Waals surface area contributed by atoms with E-state index in [0.717, 1.165) is 24.1 Å². The molecule has 1 aliphatic carbocycles. The van der Waals surface area contributed by atoms with Gasteiger partial charge in [0.05, 0.1) is 38.2 Å². The van der Waals surface area contributed by atoms with Crippen molar-refractivity contribution >= 4 is 23.1 Å². The van der Waals surface area contributed by atoms with Crippen LogP contribution in [0.4, 0.5) is 10.5 Å². The SMILES string of the molecule is COc1ccc(OC)c(NC(=O)N2Cc3c(sc4c3CCCC4)-n3cccc3[C@H]2c2cccc(C)c2)c1. The van der Waals surface area contributed by atoms with Gasteiger partial charge in [-0.25, -0.2) is 4.79 Å². The fourth-order valence-electron chi connectivity index (χ4n) is 5.68. The first-order chi connectivity index (χ1) is 18.1. The molecule has 1 aliphatic heterocycles. The molecule has 1 N–H and O–H groups in total. The van der Waals surface area contributed by atoms with Gasteiger partial charge in [-0.3, -0.25) is 0 Å². The van der Waals surface area contributed by atoms with Crippen LogP contribution in [0.5, 0.6) is 11.5 Å². The summed E-state index contributed by atoms with van der Waals surface area (Å²) < 4.78 is 13.3. The molecule has 7 heteroatoms. The molecule has 0 unspecified atom stereocenters. The van der Waals surface area contributed by atoms with E-state index in [-0.39, 0.29) is 12.1 Å². The van der Waals surface area contributed by atoms with Crippen LogP contribution >= 0.6 is 11.3 Å². The Morgan fingerprint density at radius 2 is 1.86 bits per heavy atom. The highest BCUT2D eigenvalue weighted by Crippen LogP contribution is 2.44. The van der Waals surface area contributed by atoms with E-state index in [1.165, 1.54) is 39.4 Å². The first-order valence-electron chi connectivity index (χ1n) is 12.7. The fraction of sp³-hybridized carbons (Fsp3) is 0.300. The van der Waals surface area contributed by atoms with Crippen molar-refractivity contribution in [1.29, 1.82) is 0 Å². The van der Waals surface area contributed by atoms with Gasteiger partial charge >= 0.3 is 6.03 Å². The van der Waals surface area contributed by atoms with Crippen LogP contribution in [-0.2, 0) is 19.4 Å². The van der Waals surface area contributed by atoms with Gasteiger partial charge in [0.1, 0.15) is 16.5 Å². The third-order valence-electron chi connectivity index (χ3n) is 7.45. The number of aryl methyl sites for hydroxylation is 2. The lowest BCUT2D eigenvalue weighted by Crippen LogP contribution is -2.38. The molecule has 2 aliphatic rings. The zero-order valence-electron chi connectivity index (χ0n) is 21.4. The Kier molecular flexibility index (Phi) is 6.16. The second kappa shape index (κ2) is 9.63. The number of hydrogen-bond acceptors (Lipinski definition) is 4. The summed E-state index contributed by atoms with van der Waals surface area (Å²) in [5.41, 5.74) is 6.66. The number of benzene rings is 2. The van der Waals surface area contributed by atoms with Gasteiger partial charge < -0.3 is 24.3 Å². The number of carbonyl (C=O) groups excluding carboxylic acids is 1. The van der Waals surface area contributed by atoms with Crippen LogP contribution in [0.1, 0.15) is 51.7 Å². The number of nitrogens with zero attached hydrogens (tertiary/aromatic N) is 2. The molecule has 190 valence electrons. The summed E-state index contributed by atoms with van der Waals surface area (Å²) in [4.78, 5) is 17.7. The lowest BCUT2D eigenvalue weighted by molar-refractivity contribution is 0.194. The molecule has 6 nitrogen and oxygen atoms in total. The van der Waals surface area contributed by atoms with Crippen LogP contribution in [0.15, 0.2) is 60.8 Å². The number of urea groups is 1. The molecule has 0 fully saturated rings. The monoisotopic (exact) mass is 513 g/mol. The number of hydrogen-bond donors (Lipinski definition) is 1. The molecule has 0 bridgehead atoms. The summed E-state index contributed by atoms with van der Waals surface area (Å²) in [6, 6.07) is 17.7. The number of aromatic nitrogens is 1. The van der Waals surface area contributed by atoms with Gasteiger partial charge in [0, 0.05) is 22.7 Å². The van der Waals surface area contributed by atoms with E-state index in [2.05, 4.69) is 59.4 Å². The molecular weight excluding hydrogens is 482 g/mol. The molecule has 0 spiro atoms. The Balaban J connectivity index is 1.49. The van der Waals surface area contributed by atoms with Gasteiger partial charge in [0.25, 0.3) is 0 Å². The van der Waals surface area contributed by atoms with Crippen molar-refractivity contribution in [1.82, 2.24) is 9.47 Å². The van der Waals surface area contributed by atoms with Crippen molar-refractivity contribution in [2.45, 2.75) is 45.2 Å². The average molecular weight is 514 g/mol. The number of anilines is 1. The minimum atomic E-state index is -0.245. The van der Waals surface area contributed by atoms with Crippen molar-refractivity contribution in [2.24, 2.45) is 0 Å². The fourth-order valence-corrected chi connectivity index (χ4v) is 7.08. The molecule has 6 rings (SSSR count). The zero-order valence-corrected chi connectivity index (χ0v) is 22.2. The van der Waals surface area contributed by atoms with Crippen LogP contribution in [0.3, 0.4) is 0 Å². The van der Waals surface area contributed by atoms with Gasteiger partial charge in [-0.1, -0.05) is 29.8 Å².